The second kappa shape index (κ2) is 6.60. The van der Waals surface area contributed by atoms with E-state index in [1.807, 2.05) is 0 Å². The molecular weight excluding hydrogens is 329 g/mol. The molecule has 3 nitrogen and oxygen atoms in total. The van der Waals surface area contributed by atoms with Crippen molar-refractivity contribution >= 4 is 28.0 Å². The second-order valence-electron chi connectivity index (χ2n) is 3.58. The molecule has 0 saturated carbocycles. The van der Waals surface area contributed by atoms with Crippen LogP contribution in [-0.4, -0.2) is 23.9 Å². The molecule has 1 aromatic carbocycles. The van der Waals surface area contributed by atoms with E-state index in [4.69, 9.17) is 9.84 Å². The van der Waals surface area contributed by atoms with Gasteiger partial charge >= 0.3 is 12.1 Å². The average Bonchev–Trinajstić information content (AvgIpc) is 2.27. The summed E-state index contributed by atoms with van der Waals surface area (Å²) in [5.74, 6) is -0.807. The molecule has 0 saturated heterocycles. The minimum Gasteiger partial charge on any atom is -0.492 e. The maximum atomic E-state index is 11.9. The van der Waals surface area contributed by atoms with E-state index in [-0.39, 0.29) is 5.75 Å². The highest BCUT2D eigenvalue weighted by Gasteiger charge is 2.26. The molecule has 104 valence electrons. The highest BCUT2D eigenvalue weighted by Crippen LogP contribution is 2.28. The molecule has 0 heterocycles. The maximum Gasteiger partial charge on any atom is 0.392 e. The summed E-state index contributed by atoms with van der Waals surface area (Å²) in [5, 5.41) is 8.46. The lowest BCUT2D eigenvalue weighted by Crippen LogP contribution is -2.13. The first kappa shape index (κ1) is 15.6. The fraction of sp³-hybridized carbons (Fsp3) is 0.250. The zero-order chi connectivity index (χ0) is 14.5. The number of aliphatic carboxylic acids is 1. The Morgan fingerprint density at radius 3 is 2.63 bits per heavy atom. The highest BCUT2D eigenvalue weighted by atomic mass is 79.9. The van der Waals surface area contributed by atoms with Crippen LogP contribution in [0.2, 0.25) is 0 Å². The summed E-state index contributed by atoms with van der Waals surface area (Å²) in [5.41, 5.74) is 0.595. The molecule has 1 N–H and O–H groups in total. The predicted molar refractivity (Wildman–Crippen MR) is 67.0 cm³/mol. The van der Waals surface area contributed by atoms with Crippen LogP contribution in [0, 0.1) is 0 Å². The Kier molecular flexibility index (Phi) is 5.41. The molecule has 19 heavy (non-hydrogen) atoms. The van der Waals surface area contributed by atoms with Gasteiger partial charge in [0.1, 0.15) is 5.75 Å². The largest absolute Gasteiger partial charge is 0.492 e. The smallest absolute Gasteiger partial charge is 0.392 e. The Morgan fingerprint density at radius 1 is 1.42 bits per heavy atom. The summed E-state index contributed by atoms with van der Waals surface area (Å²) in [6, 6.07) is 4.58. The number of hydrogen-bond donors (Lipinski definition) is 1. The third kappa shape index (κ3) is 6.28. The summed E-state index contributed by atoms with van der Waals surface area (Å²) >= 11 is 3.15. The van der Waals surface area contributed by atoms with Gasteiger partial charge in [0.25, 0.3) is 0 Å². The van der Waals surface area contributed by atoms with Gasteiger partial charge in [-0.05, 0) is 39.7 Å². The summed E-state index contributed by atoms with van der Waals surface area (Å²) in [6.07, 6.45) is -2.95. The molecule has 0 amide bonds. The third-order valence-electron chi connectivity index (χ3n) is 2.02. The topological polar surface area (TPSA) is 46.5 Å². The molecule has 0 fully saturated rings. The fourth-order valence-electron chi connectivity index (χ4n) is 1.18. The van der Waals surface area contributed by atoms with Crippen molar-refractivity contribution < 1.29 is 27.8 Å². The van der Waals surface area contributed by atoms with Crippen LogP contribution in [0.15, 0.2) is 28.7 Å². The number of benzene rings is 1. The lowest BCUT2D eigenvalue weighted by atomic mass is 10.2. The standard InChI is InChI=1S/C12H10BrF3O3/c13-9-7-8(2-4-11(17)18)1-3-10(9)19-6-5-12(14,15)16/h1-4,7H,5-6H2,(H,17,18). The third-order valence-corrected chi connectivity index (χ3v) is 2.64. The van der Waals surface area contributed by atoms with Crippen LogP contribution in [0.3, 0.4) is 0 Å². The van der Waals surface area contributed by atoms with Gasteiger partial charge in [-0.2, -0.15) is 13.2 Å². The van der Waals surface area contributed by atoms with Crippen LogP contribution in [-0.2, 0) is 4.79 Å². The number of rotatable bonds is 5. The van der Waals surface area contributed by atoms with Gasteiger partial charge in [-0.1, -0.05) is 6.07 Å². The number of ether oxygens (including phenoxy) is 1. The number of hydrogen-bond acceptors (Lipinski definition) is 2. The van der Waals surface area contributed by atoms with Crippen molar-refractivity contribution in [2.24, 2.45) is 0 Å². The van der Waals surface area contributed by atoms with Crippen LogP contribution in [0.4, 0.5) is 13.2 Å². The van der Waals surface area contributed by atoms with Crippen molar-refractivity contribution in [2.45, 2.75) is 12.6 Å². The molecule has 0 aliphatic heterocycles. The van der Waals surface area contributed by atoms with Crippen molar-refractivity contribution in [1.82, 2.24) is 0 Å². The Balaban J connectivity index is 2.65. The predicted octanol–water partition coefficient (Wildman–Crippen LogP) is 3.88. The second-order valence-corrected chi connectivity index (χ2v) is 4.43. The first-order valence-corrected chi connectivity index (χ1v) is 5.97. The Hall–Kier alpha value is -1.50. The molecule has 0 unspecified atom stereocenters. The van der Waals surface area contributed by atoms with Gasteiger partial charge in [-0.15, -0.1) is 0 Å². The zero-order valence-electron chi connectivity index (χ0n) is 9.58. The summed E-state index contributed by atoms with van der Waals surface area (Å²) in [6.45, 7) is -0.466. The van der Waals surface area contributed by atoms with E-state index in [9.17, 15) is 18.0 Å². The highest BCUT2D eigenvalue weighted by molar-refractivity contribution is 9.10. The molecule has 0 atom stereocenters. The van der Waals surface area contributed by atoms with E-state index >= 15 is 0 Å². The molecule has 0 spiro atoms. The number of carbonyl (C=O) groups is 1. The Morgan fingerprint density at radius 2 is 2.11 bits per heavy atom. The van der Waals surface area contributed by atoms with Crippen molar-refractivity contribution in [3.8, 4) is 5.75 Å². The minimum absolute atomic E-state index is 0.275. The Bertz CT molecular complexity index is 484. The normalized spacial score (nSPS) is 11.8. The van der Waals surface area contributed by atoms with E-state index in [2.05, 4.69) is 15.9 Å². The monoisotopic (exact) mass is 338 g/mol. The molecule has 7 heteroatoms. The van der Waals surface area contributed by atoms with Gasteiger partial charge in [-0.3, -0.25) is 0 Å². The molecule has 0 aromatic heterocycles. The van der Waals surface area contributed by atoms with Gasteiger partial charge in [0.2, 0.25) is 0 Å². The molecule has 1 aromatic rings. The van der Waals surface area contributed by atoms with Crippen LogP contribution in [0.1, 0.15) is 12.0 Å². The maximum absolute atomic E-state index is 11.9. The van der Waals surface area contributed by atoms with E-state index in [0.717, 1.165) is 6.08 Å². The van der Waals surface area contributed by atoms with E-state index in [1.54, 1.807) is 12.1 Å². The molecule has 0 bridgehead atoms. The van der Waals surface area contributed by atoms with Crippen LogP contribution >= 0.6 is 15.9 Å². The van der Waals surface area contributed by atoms with Crippen molar-refractivity contribution in [1.29, 1.82) is 0 Å². The average molecular weight is 339 g/mol. The molecule has 1 rings (SSSR count). The molecule has 0 aliphatic carbocycles. The first-order valence-electron chi connectivity index (χ1n) is 5.18. The number of alkyl halides is 3. The van der Waals surface area contributed by atoms with Gasteiger partial charge in [0.15, 0.2) is 0 Å². The number of halogens is 4. The van der Waals surface area contributed by atoms with Crippen molar-refractivity contribution in [2.75, 3.05) is 6.61 Å². The van der Waals surface area contributed by atoms with Gasteiger partial charge < -0.3 is 9.84 Å². The van der Waals surface area contributed by atoms with E-state index in [0.29, 0.717) is 10.0 Å². The fourth-order valence-corrected chi connectivity index (χ4v) is 1.69. The summed E-state index contributed by atoms with van der Waals surface area (Å²) in [7, 11) is 0. The summed E-state index contributed by atoms with van der Waals surface area (Å²) in [4.78, 5) is 10.3. The molecular formula is C12H10BrF3O3. The first-order chi connectivity index (χ1) is 8.78. The zero-order valence-corrected chi connectivity index (χ0v) is 11.2. The molecule has 0 aliphatic rings. The van der Waals surface area contributed by atoms with E-state index < -0.39 is 25.2 Å². The van der Waals surface area contributed by atoms with Crippen molar-refractivity contribution in [3.63, 3.8) is 0 Å². The number of carboxylic acids is 1. The van der Waals surface area contributed by atoms with Crippen LogP contribution in [0.25, 0.3) is 6.08 Å². The van der Waals surface area contributed by atoms with Crippen LogP contribution in [0.5, 0.6) is 5.75 Å². The van der Waals surface area contributed by atoms with Crippen LogP contribution < -0.4 is 4.74 Å². The lowest BCUT2D eigenvalue weighted by Gasteiger charge is -2.10. The summed E-state index contributed by atoms with van der Waals surface area (Å²) < 4.78 is 41.3. The van der Waals surface area contributed by atoms with Gasteiger partial charge in [0.05, 0.1) is 17.5 Å². The lowest BCUT2D eigenvalue weighted by molar-refractivity contribution is -0.139. The SMILES string of the molecule is O=C(O)C=Cc1ccc(OCCC(F)(F)F)c(Br)c1. The quantitative estimate of drug-likeness (QED) is 0.829. The molecule has 0 radical (unpaired) electrons. The Labute approximate surface area is 115 Å². The number of carboxylic acid groups (broad SMARTS) is 1. The minimum atomic E-state index is -4.25. The van der Waals surface area contributed by atoms with Gasteiger partial charge in [-0.25, -0.2) is 4.79 Å². The van der Waals surface area contributed by atoms with Crippen molar-refractivity contribution in [3.05, 3.63) is 34.3 Å². The van der Waals surface area contributed by atoms with E-state index in [1.165, 1.54) is 12.1 Å². The van der Waals surface area contributed by atoms with Gasteiger partial charge in [0, 0.05) is 6.08 Å².